The second-order valence-electron chi connectivity index (χ2n) is 4.98. The normalized spacial score (nSPS) is 24.4. The van der Waals surface area contributed by atoms with Crippen LogP contribution in [0.2, 0.25) is 0 Å². The molecule has 21 heavy (non-hydrogen) atoms. The molecule has 2 fully saturated rings. The van der Waals surface area contributed by atoms with Gasteiger partial charge in [-0.25, -0.2) is 9.59 Å². The Morgan fingerprint density at radius 3 is 2.33 bits per heavy atom. The third kappa shape index (κ3) is 4.16. The fourth-order valence-electron chi connectivity index (χ4n) is 2.37. The van der Waals surface area contributed by atoms with Crippen molar-refractivity contribution in [3.05, 3.63) is 0 Å². The van der Waals surface area contributed by atoms with Gasteiger partial charge in [-0.1, -0.05) is 0 Å². The number of halogens is 3. The molecule has 2 aliphatic heterocycles. The van der Waals surface area contributed by atoms with E-state index in [2.05, 4.69) is 0 Å². The van der Waals surface area contributed by atoms with Crippen LogP contribution in [-0.2, 0) is 4.79 Å². The lowest BCUT2D eigenvalue weighted by Crippen LogP contribution is -2.55. The summed E-state index contributed by atoms with van der Waals surface area (Å²) in [6.45, 7) is -0.328. The number of amides is 2. The average molecular weight is 327 g/mol. The van der Waals surface area contributed by atoms with Gasteiger partial charge in [-0.2, -0.15) is 13.2 Å². The maximum absolute atomic E-state index is 12.3. The van der Waals surface area contributed by atoms with E-state index in [-0.39, 0.29) is 26.2 Å². The van der Waals surface area contributed by atoms with Crippen LogP contribution in [-0.4, -0.2) is 88.4 Å². The number of urea groups is 1. The van der Waals surface area contributed by atoms with E-state index >= 15 is 0 Å². The van der Waals surface area contributed by atoms with Gasteiger partial charge in [0.2, 0.25) is 0 Å². The maximum Gasteiger partial charge on any atom is 0.401 e. The van der Waals surface area contributed by atoms with Crippen LogP contribution in [0.25, 0.3) is 0 Å². The number of carbonyl (C=O) groups excluding carboxylic acids is 1. The number of carboxylic acid groups (broad SMARTS) is 1. The van der Waals surface area contributed by atoms with Gasteiger partial charge in [0.05, 0.1) is 12.4 Å². The van der Waals surface area contributed by atoms with Gasteiger partial charge in [0, 0.05) is 31.9 Å². The highest BCUT2D eigenvalue weighted by atomic mass is 32.2. The van der Waals surface area contributed by atoms with Gasteiger partial charge in [-0.15, -0.1) is 11.8 Å². The van der Waals surface area contributed by atoms with Crippen molar-refractivity contribution in [3.8, 4) is 0 Å². The van der Waals surface area contributed by atoms with Gasteiger partial charge in [0.25, 0.3) is 0 Å². The van der Waals surface area contributed by atoms with Gasteiger partial charge in [0.15, 0.2) is 0 Å². The van der Waals surface area contributed by atoms with Crippen molar-refractivity contribution >= 4 is 23.8 Å². The summed E-state index contributed by atoms with van der Waals surface area (Å²) in [6.07, 6.45) is -4.24. The van der Waals surface area contributed by atoms with E-state index in [1.165, 1.54) is 26.5 Å². The average Bonchev–Trinajstić information content (AvgIpc) is 2.86. The highest BCUT2D eigenvalue weighted by molar-refractivity contribution is 7.99. The molecule has 10 heteroatoms. The predicted molar refractivity (Wildman–Crippen MR) is 70.1 cm³/mol. The third-order valence-corrected chi connectivity index (χ3v) is 4.47. The molecule has 120 valence electrons. The minimum absolute atomic E-state index is 0.143. The van der Waals surface area contributed by atoms with E-state index in [4.69, 9.17) is 5.11 Å². The lowest BCUT2D eigenvalue weighted by molar-refractivity contribution is -0.149. The van der Waals surface area contributed by atoms with Crippen molar-refractivity contribution in [3.63, 3.8) is 0 Å². The van der Waals surface area contributed by atoms with E-state index in [0.717, 1.165) is 0 Å². The number of carboxylic acids is 1. The number of aliphatic carboxylic acids is 1. The molecule has 0 unspecified atom stereocenters. The first-order valence-corrected chi connectivity index (χ1v) is 7.58. The summed E-state index contributed by atoms with van der Waals surface area (Å²) in [7, 11) is 0. The molecule has 6 nitrogen and oxygen atoms in total. The first-order valence-electron chi connectivity index (χ1n) is 6.43. The van der Waals surface area contributed by atoms with Crippen LogP contribution in [0, 0.1) is 0 Å². The molecule has 2 saturated heterocycles. The summed E-state index contributed by atoms with van der Waals surface area (Å²) < 4.78 is 36.8. The number of hydrogen-bond donors (Lipinski definition) is 1. The first kappa shape index (κ1) is 16.2. The number of carbonyl (C=O) groups is 2. The molecule has 0 aromatic heterocycles. The van der Waals surface area contributed by atoms with Crippen molar-refractivity contribution in [1.82, 2.24) is 14.7 Å². The molecule has 0 radical (unpaired) electrons. The zero-order chi connectivity index (χ0) is 15.6. The Bertz CT molecular complexity index is 413. The lowest BCUT2D eigenvalue weighted by Gasteiger charge is -2.37. The van der Waals surface area contributed by atoms with E-state index in [9.17, 15) is 22.8 Å². The molecule has 1 atom stereocenters. The monoisotopic (exact) mass is 327 g/mol. The molecule has 2 aliphatic rings. The van der Waals surface area contributed by atoms with Gasteiger partial charge in [0.1, 0.15) is 6.04 Å². The molecule has 2 rings (SSSR count). The second-order valence-corrected chi connectivity index (χ2v) is 5.98. The largest absolute Gasteiger partial charge is 0.480 e. The molecule has 0 saturated carbocycles. The quantitative estimate of drug-likeness (QED) is 0.811. The first-order chi connectivity index (χ1) is 9.78. The molecular formula is C11H16F3N3O3S. The van der Waals surface area contributed by atoms with Crippen molar-refractivity contribution in [2.45, 2.75) is 12.2 Å². The molecular weight excluding hydrogens is 311 g/mol. The Balaban J connectivity index is 1.87. The Morgan fingerprint density at radius 1 is 1.19 bits per heavy atom. The van der Waals surface area contributed by atoms with Crippen LogP contribution in [0.15, 0.2) is 0 Å². The molecule has 2 heterocycles. The number of hydrogen-bond acceptors (Lipinski definition) is 4. The molecule has 2 amide bonds. The van der Waals surface area contributed by atoms with Crippen molar-refractivity contribution in [2.24, 2.45) is 0 Å². The molecule has 0 bridgehead atoms. The Kier molecular flexibility index (Phi) is 4.87. The Morgan fingerprint density at radius 2 is 1.81 bits per heavy atom. The van der Waals surface area contributed by atoms with Crippen LogP contribution in [0.3, 0.4) is 0 Å². The number of nitrogens with zero attached hydrogens (tertiary/aromatic N) is 3. The van der Waals surface area contributed by atoms with Crippen LogP contribution in [0.5, 0.6) is 0 Å². The topological polar surface area (TPSA) is 64.1 Å². The summed E-state index contributed by atoms with van der Waals surface area (Å²) in [4.78, 5) is 27.2. The van der Waals surface area contributed by atoms with Gasteiger partial charge >= 0.3 is 18.2 Å². The van der Waals surface area contributed by atoms with E-state index in [1.807, 2.05) is 0 Å². The van der Waals surface area contributed by atoms with E-state index in [0.29, 0.717) is 11.6 Å². The smallest absolute Gasteiger partial charge is 0.401 e. The SMILES string of the molecule is O=C(O)[C@@H]1CSCN1C(=O)N1CCN(CC(F)(F)F)CC1. The third-order valence-electron chi connectivity index (χ3n) is 3.46. The minimum Gasteiger partial charge on any atom is -0.480 e. The standard InChI is InChI=1S/C11H16F3N3O3S/c12-11(13,14)6-15-1-3-16(4-2-15)10(20)17-7-21-5-8(17)9(18)19/h8H,1-7H2,(H,18,19)/t8-/m0/s1. The number of alkyl halides is 3. The summed E-state index contributed by atoms with van der Waals surface area (Å²) in [6, 6.07) is -1.25. The fourth-order valence-corrected chi connectivity index (χ4v) is 3.51. The van der Waals surface area contributed by atoms with Crippen LogP contribution >= 0.6 is 11.8 Å². The van der Waals surface area contributed by atoms with Crippen LogP contribution in [0.4, 0.5) is 18.0 Å². The van der Waals surface area contributed by atoms with Crippen molar-refractivity contribution in [2.75, 3.05) is 44.4 Å². The summed E-state index contributed by atoms with van der Waals surface area (Å²) >= 11 is 1.36. The summed E-state index contributed by atoms with van der Waals surface area (Å²) in [5.74, 6) is -0.405. The molecule has 0 aliphatic carbocycles. The van der Waals surface area contributed by atoms with Gasteiger partial charge < -0.3 is 14.9 Å². The Hall–Kier alpha value is -1.16. The van der Waals surface area contributed by atoms with Crippen LogP contribution in [0.1, 0.15) is 0 Å². The van der Waals surface area contributed by atoms with Gasteiger partial charge in [-0.05, 0) is 0 Å². The zero-order valence-corrected chi connectivity index (χ0v) is 12.0. The second kappa shape index (κ2) is 6.30. The number of thioether (sulfide) groups is 1. The van der Waals surface area contributed by atoms with Crippen molar-refractivity contribution < 1.29 is 27.9 Å². The molecule has 0 aromatic carbocycles. The summed E-state index contributed by atoms with van der Waals surface area (Å²) in [5.41, 5.74) is 0. The molecule has 0 aromatic rings. The summed E-state index contributed by atoms with van der Waals surface area (Å²) in [5, 5.41) is 9.04. The lowest BCUT2D eigenvalue weighted by atomic mass is 10.3. The maximum atomic E-state index is 12.3. The van der Waals surface area contributed by atoms with E-state index < -0.39 is 30.8 Å². The highest BCUT2D eigenvalue weighted by Crippen LogP contribution is 2.23. The number of piperazine rings is 1. The highest BCUT2D eigenvalue weighted by Gasteiger charge is 2.38. The van der Waals surface area contributed by atoms with Gasteiger partial charge in [-0.3, -0.25) is 4.90 Å². The Labute approximate surface area is 123 Å². The minimum atomic E-state index is -4.24. The van der Waals surface area contributed by atoms with Crippen molar-refractivity contribution in [1.29, 1.82) is 0 Å². The van der Waals surface area contributed by atoms with E-state index in [1.54, 1.807) is 0 Å². The number of rotatable bonds is 2. The predicted octanol–water partition coefficient (Wildman–Crippen LogP) is 0.746. The zero-order valence-electron chi connectivity index (χ0n) is 11.2. The fraction of sp³-hybridized carbons (Fsp3) is 0.818. The molecule has 0 spiro atoms. The molecule has 1 N–H and O–H groups in total. The van der Waals surface area contributed by atoms with Crippen LogP contribution < -0.4 is 0 Å².